The van der Waals surface area contributed by atoms with Crippen LogP contribution in [-0.4, -0.2) is 35.3 Å². The van der Waals surface area contributed by atoms with E-state index in [0.29, 0.717) is 17.7 Å². The Morgan fingerprint density at radius 3 is 2.40 bits per heavy atom. The molecule has 8 nitrogen and oxygen atoms in total. The van der Waals surface area contributed by atoms with Gasteiger partial charge in [0.25, 0.3) is 5.91 Å². The minimum atomic E-state index is -1.22. The zero-order valence-corrected chi connectivity index (χ0v) is 17.1. The molecule has 1 fully saturated rings. The highest BCUT2D eigenvalue weighted by Gasteiger charge is 2.51. The van der Waals surface area contributed by atoms with E-state index < -0.39 is 36.0 Å². The van der Waals surface area contributed by atoms with Gasteiger partial charge in [0.1, 0.15) is 12.1 Å². The minimum absolute atomic E-state index is 0.326. The predicted molar refractivity (Wildman–Crippen MR) is 112 cm³/mol. The third-order valence-corrected chi connectivity index (χ3v) is 5.38. The Kier molecular flexibility index (Phi) is 5.86. The van der Waals surface area contributed by atoms with Gasteiger partial charge in [-0.3, -0.25) is 19.8 Å². The summed E-state index contributed by atoms with van der Waals surface area (Å²) in [4.78, 5) is 50.8. The number of rotatable bonds is 5. The van der Waals surface area contributed by atoms with Crippen LogP contribution in [0.15, 0.2) is 48.5 Å². The van der Waals surface area contributed by atoms with Crippen LogP contribution in [0.4, 0.5) is 15.3 Å². The normalized spacial score (nSPS) is 18.2. The van der Waals surface area contributed by atoms with Crippen molar-refractivity contribution in [2.45, 2.75) is 32.7 Å². The van der Waals surface area contributed by atoms with Crippen LogP contribution in [0.3, 0.4) is 0 Å². The zero-order valence-electron chi connectivity index (χ0n) is 17.1. The number of imide groups is 2. The number of benzene rings is 2. The average Bonchev–Trinajstić information content (AvgIpc) is 2.97. The van der Waals surface area contributed by atoms with Crippen molar-refractivity contribution in [1.82, 2.24) is 15.5 Å². The Hall–Kier alpha value is -3.68. The summed E-state index contributed by atoms with van der Waals surface area (Å²) < 4.78 is 0. The first-order valence-corrected chi connectivity index (χ1v) is 9.65. The van der Waals surface area contributed by atoms with Gasteiger partial charge in [0.2, 0.25) is 5.91 Å². The van der Waals surface area contributed by atoms with Gasteiger partial charge < -0.3 is 10.6 Å². The van der Waals surface area contributed by atoms with E-state index in [9.17, 15) is 19.2 Å². The molecule has 0 radical (unpaired) electrons. The molecule has 6 amide bonds. The van der Waals surface area contributed by atoms with Gasteiger partial charge in [-0.15, -0.1) is 0 Å². The van der Waals surface area contributed by atoms with Crippen molar-refractivity contribution in [2.24, 2.45) is 0 Å². The van der Waals surface area contributed by atoms with Crippen molar-refractivity contribution in [3.8, 4) is 0 Å². The summed E-state index contributed by atoms with van der Waals surface area (Å²) >= 11 is 0. The second-order valence-corrected chi connectivity index (χ2v) is 7.20. The lowest BCUT2D eigenvalue weighted by atomic mass is 9.87. The molecule has 1 saturated heterocycles. The quantitative estimate of drug-likeness (QED) is 0.661. The molecule has 2 aromatic rings. The topological polar surface area (TPSA) is 108 Å². The fourth-order valence-electron chi connectivity index (χ4n) is 3.48. The molecule has 0 saturated carbocycles. The lowest BCUT2D eigenvalue weighted by Crippen LogP contribution is -2.46. The van der Waals surface area contributed by atoms with E-state index in [1.165, 1.54) is 0 Å². The number of anilines is 1. The first kappa shape index (κ1) is 21.0. The van der Waals surface area contributed by atoms with Crippen LogP contribution in [0.2, 0.25) is 0 Å². The number of urea groups is 2. The maximum atomic E-state index is 13.0. The zero-order chi connectivity index (χ0) is 21.9. The average molecular weight is 408 g/mol. The fourth-order valence-corrected chi connectivity index (χ4v) is 3.48. The van der Waals surface area contributed by atoms with Gasteiger partial charge in [-0.25, -0.2) is 9.59 Å². The van der Waals surface area contributed by atoms with Crippen molar-refractivity contribution in [3.63, 3.8) is 0 Å². The molecule has 1 heterocycles. The SMILES string of the molecule is CCC1(c2ccccc2)NC(=O)N(CC(=O)NC(=O)Nc2cccc(C)c2C)C1=O. The van der Waals surface area contributed by atoms with Crippen molar-refractivity contribution >= 4 is 29.6 Å². The molecule has 156 valence electrons. The molecule has 0 aromatic heterocycles. The van der Waals surface area contributed by atoms with Gasteiger partial charge in [0.05, 0.1) is 0 Å². The first-order chi connectivity index (χ1) is 14.3. The summed E-state index contributed by atoms with van der Waals surface area (Å²) in [6, 6.07) is 12.9. The van der Waals surface area contributed by atoms with Crippen molar-refractivity contribution in [2.75, 3.05) is 11.9 Å². The van der Waals surface area contributed by atoms with Gasteiger partial charge in [0.15, 0.2) is 0 Å². The molecular weight excluding hydrogens is 384 g/mol. The largest absolute Gasteiger partial charge is 0.325 e. The molecule has 3 N–H and O–H groups in total. The third kappa shape index (κ3) is 3.89. The third-order valence-electron chi connectivity index (χ3n) is 5.38. The summed E-state index contributed by atoms with van der Waals surface area (Å²) in [6.07, 6.45) is 0.326. The van der Waals surface area contributed by atoms with Crippen molar-refractivity contribution in [1.29, 1.82) is 0 Å². The van der Waals surface area contributed by atoms with Crippen LogP contribution in [0.5, 0.6) is 0 Å². The highest BCUT2D eigenvalue weighted by atomic mass is 16.2. The van der Waals surface area contributed by atoms with E-state index in [4.69, 9.17) is 0 Å². The first-order valence-electron chi connectivity index (χ1n) is 9.65. The summed E-state index contributed by atoms with van der Waals surface area (Å²) in [5, 5.41) is 7.48. The van der Waals surface area contributed by atoms with Gasteiger partial charge in [-0.2, -0.15) is 0 Å². The highest BCUT2D eigenvalue weighted by Crippen LogP contribution is 2.32. The number of amides is 6. The monoisotopic (exact) mass is 408 g/mol. The lowest BCUT2D eigenvalue weighted by Gasteiger charge is -2.25. The number of hydrogen-bond donors (Lipinski definition) is 3. The molecule has 1 aliphatic heterocycles. The summed E-state index contributed by atoms with van der Waals surface area (Å²) in [5.74, 6) is -1.28. The molecule has 1 unspecified atom stereocenters. The standard InChI is InChI=1S/C22H24N4O4/c1-4-22(16-10-6-5-7-11-16)19(28)26(21(30)25-22)13-18(27)24-20(29)23-17-12-8-9-14(2)15(17)3/h5-12H,4,13H2,1-3H3,(H,25,30)(H2,23,24,27,29). The Morgan fingerprint density at radius 1 is 1.03 bits per heavy atom. The Morgan fingerprint density at radius 2 is 1.73 bits per heavy atom. The molecule has 1 atom stereocenters. The second-order valence-electron chi connectivity index (χ2n) is 7.20. The van der Waals surface area contributed by atoms with E-state index >= 15 is 0 Å². The number of aryl methyl sites for hydroxylation is 1. The Labute approximate surface area is 174 Å². The molecular formula is C22H24N4O4. The predicted octanol–water partition coefficient (Wildman–Crippen LogP) is 2.81. The van der Waals surface area contributed by atoms with Gasteiger partial charge in [0, 0.05) is 5.69 Å². The van der Waals surface area contributed by atoms with E-state index in [0.717, 1.165) is 16.0 Å². The van der Waals surface area contributed by atoms with Crippen LogP contribution >= 0.6 is 0 Å². The van der Waals surface area contributed by atoms with E-state index in [2.05, 4.69) is 16.0 Å². The smallest absolute Gasteiger partial charge is 0.319 e. The molecule has 8 heteroatoms. The summed E-state index contributed by atoms with van der Waals surface area (Å²) in [5.41, 5.74) is 1.87. The maximum absolute atomic E-state index is 13.0. The van der Waals surface area contributed by atoms with E-state index in [-0.39, 0.29) is 0 Å². The molecule has 2 aromatic carbocycles. The van der Waals surface area contributed by atoms with E-state index in [1.54, 1.807) is 43.3 Å². The summed E-state index contributed by atoms with van der Waals surface area (Å²) in [7, 11) is 0. The van der Waals surface area contributed by atoms with Crippen LogP contribution in [0, 0.1) is 13.8 Å². The summed E-state index contributed by atoms with van der Waals surface area (Å²) in [6.45, 7) is 4.99. The van der Waals surface area contributed by atoms with Gasteiger partial charge in [-0.1, -0.05) is 49.4 Å². The number of carbonyl (C=O) groups excluding carboxylic acids is 4. The maximum Gasteiger partial charge on any atom is 0.325 e. The minimum Gasteiger partial charge on any atom is -0.319 e. The number of nitrogens with zero attached hydrogens (tertiary/aromatic N) is 1. The molecule has 0 bridgehead atoms. The van der Waals surface area contributed by atoms with Crippen LogP contribution in [0.1, 0.15) is 30.0 Å². The van der Waals surface area contributed by atoms with E-state index in [1.807, 2.05) is 26.0 Å². The van der Waals surface area contributed by atoms with Crippen molar-refractivity contribution < 1.29 is 19.2 Å². The van der Waals surface area contributed by atoms with Crippen LogP contribution < -0.4 is 16.0 Å². The number of carbonyl (C=O) groups is 4. The van der Waals surface area contributed by atoms with Gasteiger partial charge in [-0.05, 0) is 43.0 Å². The molecule has 3 rings (SSSR count). The van der Waals surface area contributed by atoms with Gasteiger partial charge >= 0.3 is 12.1 Å². The van der Waals surface area contributed by atoms with Crippen LogP contribution in [0.25, 0.3) is 0 Å². The Bertz CT molecular complexity index is 1010. The molecule has 0 aliphatic carbocycles. The lowest BCUT2D eigenvalue weighted by molar-refractivity contribution is -0.135. The number of hydrogen-bond acceptors (Lipinski definition) is 4. The fraction of sp³-hybridized carbons (Fsp3) is 0.273. The Balaban J connectivity index is 1.68. The molecule has 1 aliphatic rings. The van der Waals surface area contributed by atoms with Crippen molar-refractivity contribution in [3.05, 3.63) is 65.2 Å². The highest BCUT2D eigenvalue weighted by molar-refractivity contribution is 6.11. The second kappa shape index (κ2) is 8.36. The molecule has 30 heavy (non-hydrogen) atoms. The molecule has 0 spiro atoms. The van der Waals surface area contributed by atoms with Crippen LogP contribution in [-0.2, 0) is 15.1 Å². The number of nitrogens with one attached hydrogen (secondary N) is 3.